The predicted molar refractivity (Wildman–Crippen MR) is 154 cm³/mol. The third kappa shape index (κ3) is 6.37. The molecule has 3 rings (SSSR count). The molecule has 0 bridgehead atoms. The van der Waals surface area contributed by atoms with E-state index in [1.54, 1.807) is 6.08 Å². The van der Waals surface area contributed by atoms with E-state index in [-0.39, 0.29) is 0 Å². The molecular weight excluding hydrogens is 442 g/mol. The molecule has 4 nitrogen and oxygen atoms in total. The molecule has 0 N–H and O–H groups in total. The molecule has 0 amide bonds. The van der Waals surface area contributed by atoms with Crippen molar-refractivity contribution in [2.24, 2.45) is 9.98 Å². The van der Waals surface area contributed by atoms with Gasteiger partial charge in [0, 0.05) is 12.1 Å². The molecule has 1 aromatic heterocycles. The summed E-state index contributed by atoms with van der Waals surface area (Å²) in [5, 5.41) is 0. The third-order valence-corrected chi connectivity index (χ3v) is 6.25. The van der Waals surface area contributed by atoms with Crippen LogP contribution in [0.3, 0.4) is 0 Å². The fraction of sp³-hybridized carbons (Fsp3) is 0.344. The van der Waals surface area contributed by atoms with Crippen LogP contribution in [0, 0.1) is 13.8 Å². The summed E-state index contributed by atoms with van der Waals surface area (Å²) in [6.45, 7) is 21.2. The van der Waals surface area contributed by atoms with Crippen molar-refractivity contribution < 1.29 is 4.74 Å². The number of rotatable bonds is 9. The molecular formula is C32H39N3O. The Balaban J connectivity index is 2.16. The second-order valence-corrected chi connectivity index (χ2v) is 9.90. The summed E-state index contributed by atoms with van der Waals surface area (Å²) >= 11 is 0. The Morgan fingerprint density at radius 1 is 0.833 bits per heavy atom. The molecule has 188 valence electrons. The molecule has 0 aliphatic rings. The van der Waals surface area contributed by atoms with E-state index in [1.165, 1.54) is 11.1 Å². The number of aryl methyl sites for hydroxylation is 2. The average Bonchev–Trinajstić information content (AvgIpc) is 2.84. The number of benzene rings is 2. The minimum Gasteiger partial charge on any atom is -0.489 e. The molecule has 0 aliphatic heterocycles. The third-order valence-electron chi connectivity index (χ3n) is 6.25. The molecule has 0 spiro atoms. The van der Waals surface area contributed by atoms with Crippen LogP contribution in [0.2, 0.25) is 0 Å². The summed E-state index contributed by atoms with van der Waals surface area (Å²) in [6, 6.07) is 16.6. The number of para-hydroxylation sites is 2. The van der Waals surface area contributed by atoms with Gasteiger partial charge in [-0.15, -0.1) is 0 Å². The standard InChI is InChI=1S/C32H39N3O/c1-10-17-36-26-18-29(24(8)33-31-22(6)13-11-14-23(31)7)35-30(19-26)25(9)34-32-27(20(2)3)15-12-16-28(32)21(4)5/h10-16,18-21H,1,17H2,2-9H3. The first-order valence-corrected chi connectivity index (χ1v) is 12.7. The highest BCUT2D eigenvalue weighted by atomic mass is 16.5. The Bertz CT molecular complexity index is 1250. The molecule has 0 fully saturated rings. The zero-order chi connectivity index (χ0) is 26.4. The first-order chi connectivity index (χ1) is 17.1. The second-order valence-electron chi connectivity index (χ2n) is 9.90. The van der Waals surface area contributed by atoms with Crippen molar-refractivity contribution >= 4 is 22.8 Å². The molecule has 0 saturated carbocycles. The zero-order valence-electron chi connectivity index (χ0n) is 23.0. The number of hydrogen-bond acceptors (Lipinski definition) is 4. The molecule has 0 atom stereocenters. The molecule has 1 heterocycles. The van der Waals surface area contributed by atoms with Gasteiger partial charge < -0.3 is 4.74 Å². The number of aromatic nitrogens is 1. The van der Waals surface area contributed by atoms with Gasteiger partial charge in [0.1, 0.15) is 12.4 Å². The Morgan fingerprint density at radius 3 is 1.78 bits per heavy atom. The van der Waals surface area contributed by atoms with Crippen LogP contribution in [0.15, 0.2) is 71.2 Å². The summed E-state index contributed by atoms with van der Waals surface area (Å²) in [4.78, 5) is 15.1. The van der Waals surface area contributed by atoms with Crippen molar-refractivity contribution in [1.29, 1.82) is 0 Å². The first-order valence-electron chi connectivity index (χ1n) is 12.7. The zero-order valence-corrected chi connectivity index (χ0v) is 23.0. The van der Waals surface area contributed by atoms with Gasteiger partial charge in [-0.05, 0) is 61.8 Å². The molecule has 0 aliphatic carbocycles. The van der Waals surface area contributed by atoms with E-state index in [9.17, 15) is 0 Å². The highest BCUT2D eigenvalue weighted by molar-refractivity contribution is 6.03. The lowest BCUT2D eigenvalue weighted by Gasteiger charge is -2.17. The quantitative estimate of drug-likeness (QED) is 0.226. The Hall–Kier alpha value is -3.53. The van der Waals surface area contributed by atoms with E-state index in [0.29, 0.717) is 18.4 Å². The SMILES string of the molecule is C=CCOc1cc(C(C)=Nc2c(C)cccc2C)nc(C(C)=Nc2c(C(C)C)cccc2C(C)C)c1. The summed E-state index contributed by atoms with van der Waals surface area (Å²) in [7, 11) is 0. The van der Waals surface area contributed by atoms with Crippen molar-refractivity contribution in [3.63, 3.8) is 0 Å². The van der Waals surface area contributed by atoms with Crippen molar-refractivity contribution in [2.75, 3.05) is 6.61 Å². The lowest BCUT2D eigenvalue weighted by Crippen LogP contribution is -2.08. The van der Waals surface area contributed by atoms with Crippen molar-refractivity contribution in [3.05, 3.63) is 94.8 Å². The van der Waals surface area contributed by atoms with E-state index in [4.69, 9.17) is 19.7 Å². The van der Waals surface area contributed by atoms with Crippen LogP contribution in [-0.2, 0) is 0 Å². The lowest BCUT2D eigenvalue weighted by molar-refractivity contribution is 0.362. The number of pyridine rings is 1. The van der Waals surface area contributed by atoms with Gasteiger partial charge in [-0.25, -0.2) is 4.98 Å². The van der Waals surface area contributed by atoms with Crippen molar-refractivity contribution in [1.82, 2.24) is 4.98 Å². The fourth-order valence-corrected chi connectivity index (χ4v) is 4.19. The molecule has 3 aromatic rings. The van der Waals surface area contributed by atoms with Crippen LogP contribution in [-0.4, -0.2) is 23.0 Å². The van der Waals surface area contributed by atoms with Crippen LogP contribution in [0.1, 0.15) is 87.0 Å². The molecule has 4 heteroatoms. The van der Waals surface area contributed by atoms with Crippen LogP contribution in [0.25, 0.3) is 0 Å². The Labute approximate surface area is 216 Å². The number of hydrogen-bond donors (Lipinski definition) is 0. The van der Waals surface area contributed by atoms with E-state index >= 15 is 0 Å². The monoisotopic (exact) mass is 481 g/mol. The minimum atomic E-state index is 0.368. The minimum absolute atomic E-state index is 0.368. The summed E-state index contributed by atoms with van der Waals surface area (Å²) in [5.74, 6) is 1.46. The molecule has 0 saturated heterocycles. The van der Waals surface area contributed by atoms with Gasteiger partial charge >= 0.3 is 0 Å². The van der Waals surface area contributed by atoms with Gasteiger partial charge in [-0.3, -0.25) is 9.98 Å². The van der Waals surface area contributed by atoms with Crippen molar-refractivity contribution in [2.45, 2.75) is 67.2 Å². The topological polar surface area (TPSA) is 46.8 Å². The maximum atomic E-state index is 5.94. The van der Waals surface area contributed by atoms with E-state index < -0.39 is 0 Å². The largest absolute Gasteiger partial charge is 0.489 e. The Morgan fingerprint density at radius 2 is 1.31 bits per heavy atom. The van der Waals surface area contributed by atoms with Crippen LogP contribution in [0.4, 0.5) is 11.4 Å². The highest BCUT2D eigenvalue weighted by Crippen LogP contribution is 2.35. The average molecular weight is 482 g/mol. The molecule has 36 heavy (non-hydrogen) atoms. The normalized spacial score (nSPS) is 12.4. The molecule has 0 unspecified atom stereocenters. The van der Waals surface area contributed by atoms with Gasteiger partial charge in [-0.1, -0.05) is 76.7 Å². The maximum Gasteiger partial charge on any atom is 0.124 e. The van der Waals surface area contributed by atoms with Crippen LogP contribution < -0.4 is 4.74 Å². The molecule has 0 radical (unpaired) electrons. The van der Waals surface area contributed by atoms with Gasteiger partial charge in [0.15, 0.2) is 0 Å². The van der Waals surface area contributed by atoms with E-state index in [1.807, 2.05) is 26.0 Å². The Kier molecular flexibility index (Phi) is 8.98. The summed E-state index contributed by atoms with van der Waals surface area (Å²) in [5.41, 5.74) is 10.00. The maximum absolute atomic E-state index is 5.94. The van der Waals surface area contributed by atoms with E-state index in [2.05, 4.69) is 84.5 Å². The smallest absolute Gasteiger partial charge is 0.124 e. The highest BCUT2D eigenvalue weighted by Gasteiger charge is 2.15. The molecule has 2 aromatic carbocycles. The van der Waals surface area contributed by atoms with Crippen LogP contribution in [0.5, 0.6) is 5.75 Å². The van der Waals surface area contributed by atoms with E-state index in [0.717, 1.165) is 51.1 Å². The lowest BCUT2D eigenvalue weighted by atomic mass is 9.93. The van der Waals surface area contributed by atoms with Crippen molar-refractivity contribution in [3.8, 4) is 5.75 Å². The van der Waals surface area contributed by atoms with Gasteiger partial charge in [0.2, 0.25) is 0 Å². The van der Waals surface area contributed by atoms with Crippen LogP contribution >= 0.6 is 0 Å². The van der Waals surface area contributed by atoms with Gasteiger partial charge in [0.25, 0.3) is 0 Å². The van der Waals surface area contributed by atoms with Gasteiger partial charge in [-0.2, -0.15) is 0 Å². The number of aliphatic imine (C=N–C) groups is 2. The second kappa shape index (κ2) is 11.9. The number of ether oxygens (including phenoxy) is 1. The summed E-state index contributed by atoms with van der Waals surface area (Å²) in [6.07, 6.45) is 1.74. The first kappa shape index (κ1) is 27.1. The number of nitrogens with zero attached hydrogens (tertiary/aromatic N) is 3. The fourth-order valence-electron chi connectivity index (χ4n) is 4.19. The summed E-state index contributed by atoms with van der Waals surface area (Å²) < 4.78 is 5.94. The predicted octanol–water partition coefficient (Wildman–Crippen LogP) is 8.79. The van der Waals surface area contributed by atoms with Gasteiger partial charge in [0.05, 0.1) is 34.2 Å².